The van der Waals surface area contributed by atoms with Crippen LogP contribution in [0.3, 0.4) is 0 Å². The number of halogens is 3. The van der Waals surface area contributed by atoms with Crippen LogP contribution in [0.1, 0.15) is 6.92 Å². The van der Waals surface area contributed by atoms with Crippen LogP contribution in [0.15, 0.2) is 6.58 Å². The minimum Gasteiger partial charge on any atom is -0.507 e. The summed E-state index contributed by atoms with van der Waals surface area (Å²) in [5, 5.41) is 0. The van der Waals surface area contributed by atoms with Gasteiger partial charge in [0.25, 0.3) is 0 Å². The van der Waals surface area contributed by atoms with Crippen LogP contribution in [0.25, 0.3) is 0 Å². The molecule has 0 aliphatic carbocycles. The molecule has 0 heterocycles. The van der Waals surface area contributed by atoms with Crippen molar-refractivity contribution in [2.75, 3.05) is 0 Å². The molecule has 0 fully saturated rings. The number of hydrogen-bond acceptors (Lipinski definition) is 0. The van der Waals surface area contributed by atoms with Crippen LogP contribution in [0.2, 0.25) is 0 Å². The zero-order chi connectivity index (χ0) is 6.28. The Morgan fingerprint density at radius 1 is 1.38 bits per heavy atom. The molecule has 0 aromatic heterocycles. The molecule has 0 nitrogen and oxygen atoms in total. The van der Waals surface area contributed by atoms with Crippen LogP contribution in [0, 0.1) is 6.08 Å². The molecule has 0 aromatic rings. The largest absolute Gasteiger partial charge is 1.00 e. The number of hydrogen-bond donors (Lipinski definition) is 0. The van der Waals surface area contributed by atoms with Crippen molar-refractivity contribution in [1.82, 2.24) is 0 Å². The van der Waals surface area contributed by atoms with Crippen molar-refractivity contribution in [3.63, 3.8) is 0 Å². The molecular formula is C3H5BF3K. The summed E-state index contributed by atoms with van der Waals surface area (Å²) in [6.07, 6.45) is 2.50. The van der Waals surface area contributed by atoms with Crippen molar-refractivity contribution < 1.29 is 64.3 Å². The zero-order valence-corrected chi connectivity index (χ0v) is 8.04. The van der Waals surface area contributed by atoms with Crippen LogP contribution >= 0.6 is 0 Å². The minimum atomic E-state index is -3.67. The summed E-state index contributed by atoms with van der Waals surface area (Å²) in [6, 6.07) is 0. The van der Waals surface area contributed by atoms with E-state index < -0.39 is 7.54 Å². The fourth-order valence-corrected chi connectivity index (χ4v) is 0. The van der Waals surface area contributed by atoms with Gasteiger partial charge in [0.1, 0.15) is 0 Å². The van der Waals surface area contributed by atoms with E-state index in [1.807, 2.05) is 0 Å². The fraction of sp³-hybridized carbons (Fsp3) is 0.333. The van der Waals surface area contributed by atoms with Crippen LogP contribution in [-0.4, -0.2) is 7.54 Å². The van der Waals surface area contributed by atoms with Crippen molar-refractivity contribution >= 4 is 7.54 Å². The predicted octanol–water partition coefficient (Wildman–Crippen LogP) is -1.12. The normalized spacial score (nSPS) is 5.00. The van der Waals surface area contributed by atoms with Gasteiger partial charge in [-0.25, -0.2) is 0 Å². The molecule has 5 heteroatoms. The Morgan fingerprint density at radius 2 is 1.38 bits per heavy atom. The van der Waals surface area contributed by atoms with Gasteiger partial charge in [0.05, 0.1) is 0 Å². The Morgan fingerprint density at radius 3 is 1.38 bits per heavy atom. The molecule has 0 spiro atoms. The summed E-state index contributed by atoms with van der Waals surface area (Å²) in [7, 11) is -3.67. The Kier molecular flexibility index (Phi) is 31.7. The maximum absolute atomic E-state index is 9.67. The first kappa shape index (κ1) is 16.1. The summed E-state index contributed by atoms with van der Waals surface area (Å²) in [5.41, 5.74) is 0. The monoisotopic (exact) mass is 148 g/mol. The third-order valence-electron chi connectivity index (χ3n) is 0. The Hall–Kier alpha value is 1.23. The molecule has 0 aliphatic heterocycles. The van der Waals surface area contributed by atoms with E-state index in [1.54, 1.807) is 6.92 Å². The van der Waals surface area contributed by atoms with Crippen molar-refractivity contribution in [3.05, 3.63) is 12.7 Å². The van der Waals surface area contributed by atoms with Gasteiger partial charge in [-0.15, -0.1) is 0 Å². The molecule has 0 N–H and O–H groups in total. The Bertz CT molecular complexity index is 38.8. The zero-order valence-electron chi connectivity index (χ0n) is 4.92. The van der Waals surface area contributed by atoms with Gasteiger partial charge in [-0.3, -0.25) is 19.5 Å². The van der Waals surface area contributed by atoms with E-state index in [2.05, 4.69) is 12.7 Å². The SMILES string of the molecule is C=[C-]C.FB(F)F.[K+]. The van der Waals surface area contributed by atoms with Crippen molar-refractivity contribution in [3.8, 4) is 0 Å². The fourth-order valence-electron chi connectivity index (χ4n) is 0. The third-order valence-corrected chi connectivity index (χ3v) is 0. The number of rotatable bonds is 0. The molecule has 0 aromatic carbocycles. The van der Waals surface area contributed by atoms with E-state index in [-0.39, 0.29) is 51.4 Å². The van der Waals surface area contributed by atoms with Crippen molar-refractivity contribution in [2.24, 2.45) is 0 Å². The summed E-state index contributed by atoms with van der Waals surface area (Å²) >= 11 is 0. The molecule has 0 amide bonds. The molecule has 0 bridgehead atoms. The van der Waals surface area contributed by atoms with E-state index in [0.717, 1.165) is 0 Å². The smallest absolute Gasteiger partial charge is 0.507 e. The van der Waals surface area contributed by atoms with Crippen LogP contribution in [0.4, 0.5) is 12.9 Å². The molecule has 0 saturated carbocycles. The molecule has 0 radical (unpaired) electrons. The molecule has 0 saturated heterocycles. The second kappa shape index (κ2) is 15.7. The number of allylic oxidation sites excluding steroid dienone is 1. The molecule has 8 heavy (non-hydrogen) atoms. The standard InChI is InChI=1S/C3H5.BF3.K/c1-3-2;2-1(3)4;/h1H2,2H3;;/q-1;;+1. The molecule has 0 rings (SSSR count). The molecule has 0 unspecified atom stereocenters. The van der Waals surface area contributed by atoms with Crippen molar-refractivity contribution in [2.45, 2.75) is 6.92 Å². The third kappa shape index (κ3) is 185. The summed E-state index contributed by atoms with van der Waals surface area (Å²) in [4.78, 5) is 0. The van der Waals surface area contributed by atoms with Crippen LogP contribution in [0.5, 0.6) is 0 Å². The summed E-state index contributed by atoms with van der Waals surface area (Å²) in [5.74, 6) is 0. The Labute approximate surface area is 90.2 Å². The first-order chi connectivity index (χ1) is 3.15. The van der Waals surface area contributed by atoms with Crippen LogP contribution in [-0.2, 0) is 0 Å². The van der Waals surface area contributed by atoms with E-state index in [9.17, 15) is 12.9 Å². The molecular weight excluding hydrogens is 143 g/mol. The summed E-state index contributed by atoms with van der Waals surface area (Å²) < 4.78 is 29.0. The van der Waals surface area contributed by atoms with E-state index in [0.29, 0.717) is 0 Å². The van der Waals surface area contributed by atoms with E-state index in [1.165, 1.54) is 0 Å². The first-order valence-corrected chi connectivity index (χ1v) is 1.51. The maximum Gasteiger partial charge on any atom is 1.00 e. The van der Waals surface area contributed by atoms with Gasteiger partial charge in [-0.1, -0.05) is 0 Å². The van der Waals surface area contributed by atoms with Gasteiger partial charge in [0.2, 0.25) is 0 Å². The van der Waals surface area contributed by atoms with Gasteiger partial charge in [0, 0.05) is 0 Å². The van der Waals surface area contributed by atoms with E-state index >= 15 is 0 Å². The van der Waals surface area contributed by atoms with E-state index in [4.69, 9.17) is 0 Å². The molecule has 0 aliphatic rings. The van der Waals surface area contributed by atoms with Crippen molar-refractivity contribution in [1.29, 1.82) is 0 Å². The molecule has 0 atom stereocenters. The second-order valence-corrected chi connectivity index (χ2v) is 0.601. The van der Waals surface area contributed by atoms with Crippen LogP contribution < -0.4 is 51.4 Å². The minimum absolute atomic E-state index is 0. The quantitative estimate of drug-likeness (QED) is 0.301. The Balaban J connectivity index is -0.0000000575. The average Bonchev–Trinajstić information content (AvgIpc) is 1.33. The van der Waals surface area contributed by atoms with Gasteiger partial charge < -0.3 is 6.08 Å². The van der Waals surface area contributed by atoms with Gasteiger partial charge in [-0.05, 0) is 0 Å². The molecule has 42 valence electrons. The van der Waals surface area contributed by atoms with Gasteiger partial charge >= 0.3 is 58.9 Å². The second-order valence-electron chi connectivity index (χ2n) is 0.601. The van der Waals surface area contributed by atoms with Gasteiger partial charge in [0.15, 0.2) is 0 Å². The predicted molar refractivity (Wildman–Crippen MR) is 23.6 cm³/mol. The maximum atomic E-state index is 9.67. The first-order valence-electron chi connectivity index (χ1n) is 1.51. The topological polar surface area (TPSA) is 0 Å². The average molecular weight is 148 g/mol. The summed E-state index contributed by atoms with van der Waals surface area (Å²) in [6.45, 7) is 5.00. The van der Waals surface area contributed by atoms with Gasteiger partial charge in [-0.2, -0.15) is 6.92 Å².